The zero-order valence-electron chi connectivity index (χ0n) is 17.0. The zero-order valence-corrected chi connectivity index (χ0v) is 19.3. The molecule has 0 saturated carbocycles. The van der Waals surface area contributed by atoms with Gasteiger partial charge in [-0.15, -0.1) is 0 Å². The Labute approximate surface area is 200 Å². The molecule has 1 N–H and O–H groups in total. The van der Waals surface area contributed by atoms with E-state index in [0.29, 0.717) is 32.5 Å². The monoisotopic (exact) mass is 484 g/mol. The third-order valence-electron chi connectivity index (χ3n) is 4.54. The smallest absolute Gasteiger partial charge is 0.264 e. The van der Waals surface area contributed by atoms with E-state index in [1.54, 1.807) is 25.3 Å². The lowest BCUT2D eigenvalue weighted by atomic mass is 10.2. The number of aliphatic imine (C=N–C) groups is 1. The summed E-state index contributed by atoms with van der Waals surface area (Å²) in [6.07, 6.45) is 1.79. The fraction of sp³-hybridized carbons (Fsp3) is 0.0833. The van der Waals surface area contributed by atoms with Gasteiger partial charge < -0.3 is 14.8 Å². The van der Waals surface area contributed by atoms with Gasteiger partial charge in [-0.2, -0.15) is 0 Å². The summed E-state index contributed by atoms with van der Waals surface area (Å²) in [5.41, 5.74) is 2.40. The SMILES string of the molecule is COc1ccc(N=C2NC(=O)/C(=C\c3ccccc3OCc3ccc(Cl)c(Cl)c3)S2)cc1. The maximum absolute atomic E-state index is 12.5. The van der Waals surface area contributed by atoms with Crippen LogP contribution in [0.5, 0.6) is 11.5 Å². The molecule has 0 aromatic heterocycles. The highest BCUT2D eigenvalue weighted by atomic mass is 35.5. The Bertz CT molecular complexity index is 1210. The summed E-state index contributed by atoms with van der Waals surface area (Å²) in [6.45, 7) is 0.320. The van der Waals surface area contributed by atoms with Crippen LogP contribution in [0.25, 0.3) is 6.08 Å². The number of para-hydroxylation sites is 1. The predicted octanol–water partition coefficient (Wildman–Crippen LogP) is 6.47. The molecule has 0 aliphatic carbocycles. The minimum atomic E-state index is -0.207. The first-order chi connectivity index (χ1) is 15.5. The largest absolute Gasteiger partial charge is 0.497 e. The molecule has 1 saturated heterocycles. The lowest BCUT2D eigenvalue weighted by molar-refractivity contribution is -0.115. The van der Waals surface area contributed by atoms with Crippen LogP contribution in [0.2, 0.25) is 10.0 Å². The average molecular weight is 485 g/mol. The molecular weight excluding hydrogens is 467 g/mol. The number of amides is 1. The maximum Gasteiger partial charge on any atom is 0.264 e. The van der Waals surface area contributed by atoms with Gasteiger partial charge in [0.25, 0.3) is 5.91 Å². The van der Waals surface area contributed by atoms with Gasteiger partial charge in [0.1, 0.15) is 18.1 Å². The second-order valence-corrected chi connectivity index (χ2v) is 8.60. The van der Waals surface area contributed by atoms with E-state index in [-0.39, 0.29) is 5.91 Å². The number of carbonyl (C=O) groups excluding carboxylic acids is 1. The minimum Gasteiger partial charge on any atom is -0.497 e. The van der Waals surface area contributed by atoms with Crippen molar-refractivity contribution in [3.63, 3.8) is 0 Å². The third-order valence-corrected chi connectivity index (χ3v) is 6.19. The van der Waals surface area contributed by atoms with E-state index < -0.39 is 0 Å². The van der Waals surface area contributed by atoms with Crippen molar-refractivity contribution in [1.82, 2.24) is 5.32 Å². The number of benzene rings is 3. The van der Waals surface area contributed by atoms with Crippen LogP contribution in [0, 0.1) is 0 Å². The van der Waals surface area contributed by atoms with Crippen molar-refractivity contribution in [3.05, 3.63) is 92.8 Å². The number of halogens is 2. The number of ether oxygens (including phenoxy) is 2. The van der Waals surface area contributed by atoms with Crippen molar-refractivity contribution in [2.45, 2.75) is 6.61 Å². The molecule has 5 nitrogen and oxygen atoms in total. The molecule has 4 rings (SSSR count). The molecule has 3 aromatic carbocycles. The Balaban J connectivity index is 1.50. The first kappa shape index (κ1) is 22.3. The number of hydrogen-bond donors (Lipinski definition) is 1. The number of carbonyl (C=O) groups is 1. The number of nitrogens with zero attached hydrogens (tertiary/aromatic N) is 1. The highest BCUT2D eigenvalue weighted by Gasteiger charge is 2.24. The molecule has 162 valence electrons. The quantitative estimate of drug-likeness (QED) is 0.407. The molecule has 0 unspecified atom stereocenters. The van der Waals surface area contributed by atoms with Gasteiger partial charge in [0.05, 0.1) is 27.7 Å². The maximum atomic E-state index is 12.5. The number of amidine groups is 1. The van der Waals surface area contributed by atoms with E-state index in [2.05, 4.69) is 10.3 Å². The van der Waals surface area contributed by atoms with Crippen LogP contribution in [0.3, 0.4) is 0 Å². The van der Waals surface area contributed by atoms with Crippen LogP contribution in [-0.4, -0.2) is 18.2 Å². The first-order valence-corrected chi connectivity index (χ1v) is 11.2. The van der Waals surface area contributed by atoms with Crippen molar-refractivity contribution in [1.29, 1.82) is 0 Å². The van der Waals surface area contributed by atoms with Crippen LogP contribution in [-0.2, 0) is 11.4 Å². The van der Waals surface area contributed by atoms with Crippen LogP contribution < -0.4 is 14.8 Å². The second-order valence-electron chi connectivity index (χ2n) is 6.75. The lowest BCUT2D eigenvalue weighted by Crippen LogP contribution is -2.19. The van der Waals surface area contributed by atoms with Crippen molar-refractivity contribution >= 4 is 57.8 Å². The lowest BCUT2D eigenvalue weighted by Gasteiger charge is -2.10. The summed E-state index contributed by atoms with van der Waals surface area (Å²) in [4.78, 5) is 17.5. The van der Waals surface area contributed by atoms with Crippen molar-refractivity contribution in [2.75, 3.05) is 7.11 Å². The van der Waals surface area contributed by atoms with E-state index in [9.17, 15) is 4.79 Å². The molecule has 1 amide bonds. The highest BCUT2D eigenvalue weighted by Crippen LogP contribution is 2.31. The van der Waals surface area contributed by atoms with Gasteiger partial charge in [-0.25, -0.2) is 4.99 Å². The van der Waals surface area contributed by atoms with Crippen LogP contribution >= 0.6 is 35.0 Å². The van der Waals surface area contributed by atoms with Gasteiger partial charge in [-0.05, 0) is 65.9 Å². The summed E-state index contributed by atoms with van der Waals surface area (Å²) >= 11 is 13.3. The second kappa shape index (κ2) is 10.1. The molecule has 0 atom stereocenters. The molecule has 1 aliphatic rings. The van der Waals surface area contributed by atoms with E-state index >= 15 is 0 Å². The van der Waals surface area contributed by atoms with Crippen molar-refractivity contribution in [3.8, 4) is 11.5 Å². The summed E-state index contributed by atoms with van der Waals surface area (Å²) in [5, 5.41) is 4.29. The Morgan fingerprint density at radius 1 is 1.03 bits per heavy atom. The summed E-state index contributed by atoms with van der Waals surface area (Å²) in [5.74, 6) is 1.19. The number of methoxy groups -OCH3 is 1. The Morgan fingerprint density at radius 3 is 2.56 bits per heavy atom. The van der Waals surface area contributed by atoms with E-state index in [0.717, 1.165) is 22.6 Å². The van der Waals surface area contributed by atoms with E-state index in [4.69, 9.17) is 32.7 Å². The summed E-state index contributed by atoms with van der Waals surface area (Å²) in [6, 6.07) is 20.2. The van der Waals surface area contributed by atoms with E-state index in [1.165, 1.54) is 11.8 Å². The zero-order chi connectivity index (χ0) is 22.5. The van der Waals surface area contributed by atoms with Crippen LogP contribution in [0.4, 0.5) is 5.69 Å². The summed E-state index contributed by atoms with van der Waals surface area (Å²) in [7, 11) is 1.61. The predicted molar refractivity (Wildman–Crippen MR) is 131 cm³/mol. The molecule has 0 spiro atoms. The van der Waals surface area contributed by atoms with Gasteiger partial charge >= 0.3 is 0 Å². The topological polar surface area (TPSA) is 59.9 Å². The van der Waals surface area contributed by atoms with E-state index in [1.807, 2.05) is 54.6 Å². The van der Waals surface area contributed by atoms with Gasteiger partial charge in [-0.3, -0.25) is 4.79 Å². The van der Waals surface area contributed by atoms with Gasteiger partial charge in [0.2, 0.25) is 0 Å². The highest BCUT2D eigenvalue weighted by molar-refractivity contribution is 8.18. The molecule has 1 aliphatic heterocycles. The van der Waals surface area contributed by atoms with Gasteiger partial charge in [0, 0.05) is 5.56 Å². The standard InChI is InChI=1S/C24H18Cl2N2O3S/c1-30-18-9-7-17(8-10-18)27-24-28-23(29)22(32-24)13-16-4-2-3-5-21(16)31-14-15-6-11-19(25)20(26)12-15/h2-13H,14H2,1H3,(H,27,28,29)/b22-13+. The minimum absolute atomic E-state index is 0.207. The Hall–Kier alpha value is -2.93. The number of hydrogen-bond acceptors (Lipinski definition) is 5. The molecule has 1 heterocycles. The average Bonchev–Trinajstić information content (AvgIpc) is 3.14. The Kier molecular flexibility index (Phi) is 7.05. The third kappa shape index (κ3) is 5.46. The molecule has 32 heavy (non-hydrogen) atoms. The Morgan fingerprint density at radius 2 is 1.81 bits per heavy atom. The first-order valence-electron chi connectivity index (χ1n) is 9.61. The fourth-order valence-electron chi connectivity index (χ4n) is 2.92. The number of thioether (sulfide) groups is 1. The molecule has 3 aromatic rings. The molecule has 1 fully saturated rings. The fourth-order valence-corrected chi connectivity index (χ4v) is 4.07. The van der Waals surface area contributed by atoms with Crippen LogP contribution in [0.1, 0.15) is 11.1 Å². The van der Waals surface area contributed by atoms with Crippen molar-refractivity contribution in [2.24, 2.45) is 4.99 Å². The van der Waals surface area contributed by atoms with Crippen molar-refractivity contribution < 1.29 is 14.3 Å². The molecule has 0 radical (unpaired) electrons. The normalized spacial score (nSPS) is 15.8. The molecular formula is C24H18Cl2N2O3S. The van der Waals surface area contributed by atoms with Crippen LogP contribution in [0.15, 0.2) is 76.6 Å². The molecule has 0 bridgehead atoms. The van der Waals surface area contributed by atoms with Gasteiger partial charge in [0.15, 0.2) is 5.17 Å². The van der Waals surface area contributed by atoms with Gasteiger partial charge in [-0.1, -0.05) is 47.5 Å². The number of nitrogens with one attached hydrogen (secondary N) is 1. The molecule has 8 heteroatoms. The number of rotatable bonds is 6. The summed E-state index contributed by atoms with van der Waals surface area (Å²) < 4.78 is 11.1.